The average molecular weight is 227 g/mol. The monoisotopic (exact) mass is 226 g/mol. The molecular formula is C12H15ClO2. The van der Waals surface area contributed by atoms with Crippen molar-refractivity contribution in [2.75, 3.05) is 5.88 Å². The maximum absolute atomic E-state index is 11.1. The molecule has 0 unspecified atom stereocenters. The van der Waals surface area contributed by atoms with E-state index in [9.17, 15) is 4.79 Å². The molecule has 0 aromatic heterocycles. The van der Waals surface area contributed by atoms with E-state index in [0.717, 1.165) is 11.1 Å². The Morgan fingerprint density at radius 2 is 2.00 bits per heavy atom. The molecule has 82 valence electrons. The molecule has 15 heavy (non-hydrogen) atoms. The molecule has 2 nitrogen and oxygen atoms in total. The number of rotatable bonds is 4. The first kappa shape index (κ1) is 12.1. The van der Waals surface area contributed by atoms with Crippen molar-refractivity contribution >= 4 is 17.6 Å². The number of carbonyl (C=O) groups is 1. The fourth-order valence-corrected chi connectivity index (χ4v) is 1.77. The molecule has 0 fully saturated rings. The Labute approximate surface area is 94.9 Å². The first-order valence-electron chi connectivity index (χ1n) is 4.88. The largest absolute Gasteiger partial charge is 0.481 e. The first-order valence-corrected chi connectivity index (χ1v) is 5.41. The van der Waals surface area contributed by atoms with Crippen molar-refractivity contribution in [2.24, 2.45) is 0 Å². The van der Waals surface area contributed by atoms with E-state index in [1.165, 1.54) is 0 Å². The molecule has 0 radical (unpaired) electrons. The van der Waals surface area contributed by atoms with Crippen LogP contribution in [0.5, 0.6) is 0 Å². The molecule has 0 bridgehead atoms. The maximum Gasteiger partial charge on any atom is 0.313 e. The van der Waals surface area contributed by atoms with Crippen molar-refractivity contribution in [3.63, 3.8) is 0 Å². The smallest absolute Gasteiger partial charge is 0.313 e. The minimum Gasteiger partial charge on any atom is -0.481 e. The number of carboxylic acid groups (broad SMARTS) is 1. The van der Waals surface area contributed by atoms with E-state index in [-0.39, 0.29) is 0 Å². The summed E-state index contributed by atoms with van der Waals surface area (Å²) in [4.78, 5) is 11.1. The number of halogens is 1. The van der Waals surface area contributed by atoms with Crippen LogP contribution in [-0.4, -0.2) is 17.0 Å². The Morgan fingerprint density at radius 1 is 1.40 bits per heavy atom. The molecular weight excluding hydrogens is 212 g/mol. The van der Waals surface area contributed by atoms with E-state index in [4.69, 9.17) is 16.7 Å². The third-order valence-electron chi connectivity index (χ3n) is 2.59. The SMILES string of the molecule is CC(C)(C(=O)O)c1ccccc1CCCl. The van der Waals surface area contributed by atoms with Crippen molar-refractivity contribution in [2.45, 2.75) is 25.7 Å². The number of hydrogen-bond acceptors (Lipinski definition) is 1. The maximum atomic E-state index is 11.1. The van der Waals surface area contributed by atoms with Crippen molar-refractivity contribution in [1.29, 1.82) is 0 Å². The van der Waals surface area contributed by atoms with Gasteiger partial charge in [0.2, 0.25) is 0 Å². The molecule has 1 N–H and O–H groups in total. The normalized spacial score (nSPS) is 11.4. The predicted octanol–water partition coefficient (Wildman–Crippen LogP) is 2.83. The van der Waals surface area contributed by atoms with Gasteiger partial charge in [0, 0.05) is 5.88 Å². The summed E-state index contributed by atoms with van der Waals surface area (Å²) >= 11 is 5.69. The molecule has 3 heteroatoms. The van der Waals surface area contributed by atoms with E-state index in [1.807, 2.05) is 24.3 Å². The third kappa shape index (κ3) is 2.51. The Kier molecular flexibility index (Phi) is 3.75. The van der Waals surface area contributed by atoms with Gasteiger partial charge in [-0.25, -0.2) is 0 Å². The number of aryl methyl sites for hydroxylation is 1. The second-order valence-corrected chi connectivity index (χ2v) is 4.40. The van der Waals surface area contributed by atoms with Gasteiger partial charge >= 0.3 is 5.97 Å². The van der Waals surface area contributed by atoms with E-state index >= 15 is 0 Å². The summed E-state index contributed by atoms with van der Waals surface area (Å²) in [5, 5.41) is 9.15. The zero-order chi connectivity index (χ0) is 11.5. The fraction of sp³-hybridized carbons (Fsp3) is 0.417. The number of benzene rings is 1. The van der Waals surface area contributed by atoms with E-state index in [0.29, 0.717) is 12.3 Å². The van der Waals surface area contributed by atoms with Crippen LogP contribution in [0.3, 0.4) is 0 Å². The molecule has 1 aromatic rings. The lowest BCUT2D eigenvalue weighted by Gasteiger charge is -2.22. The summed E-state index contributed by atoms with van der Waals surface area (Å²) in [6.45, 7) is 3.42. The van der Waals surface area contributed by atoms with Crippen LogP contribution in [0.2, 0.25) is 0 Å². The number of carboxylic acids is 1. The van der Waals surface area contributed by atoms with Crippen molar-refractivity contribution < 1.29 is 9.90 Å². The van der Waals surface area contributed by atoms with E-state index in [1.54, 1.807) is 13.8 Å². The summed E-state index contributed by atoms with van der Waals surface area (Å²) in [6, 6.07) is 7.56. The average Bonchev–Trinajstić information content (AvgIpc) is 2.18. The summed E-state index contributed by atoms with van der Waals surface area (Å²) in [5.74, 6) is -0.309. The van der Waals surface area contributed by atoms with Gasteiger partial charge < -0.3 is 5.11 Å². The molecule has 1 aromatic carbocycles. The van der Waals surface area contributed by atoms with Gasteiger partial charge in [0.25, 0.3) is 0 Å². The Bertz CT molecular complexity index is 358. The Hall–Kier alpha value is -1.02. The lowest BCUT2D eigenvalue weighted by atomic mass is 9.81. The van der Waals surface area contributed by atoms with Gasteiger partial charge in [-0.2, -0.15) is 0 Å². The van der Waals surface area contributed by atoms with Crippen LogP contribution < -0.4 is 0 Å². The standard InChI is InChI=1S/C12H15ClO2/c1-12(2,11(14)15)10-6-4-3-5-9(10)7-8-13/h3-6H,7-8H2,1-2H3,(H,14,15). The number of hydrogen-bond donors (Lipinski definition) is 1. The summed E-state index contributed by atoms with van der Waals surface area (Å²) in [6.07, 6.45) is 0.703. The topological polar surface area (TPSA) is 37.3 Å². The molecule has 1 rings (SSSR count). The summed E-state index contributed by atoms with van der Waals surface area (Å²) in [5.41, 5.74) is 1.00. The Morgan fingerprint density at radius 3 is 2.53 bits per heavy atom. The van der Waals surface area contributed by atoms with Gasteiger partial charge in [0.05, 0.1) is 5.41 Å². The Balaban J connectivity index is 3.18. The van der Waals surface area contributed by atoms with Crippen LogP contribution in [0.4, 0.5) is 0 Å². The lowest BCUT2D eigenvalue weighted by molar-refractivity contribution is -0.142. The van der Waals surface area contributed by atoms with Crippen molar-refractivity contribution in [3.05, 3.63) is 35.4 Å². The van der Waals surface area contributed by atoms with Crippen LogP contribution in [0, 0.1) is 0 Å². The minimum absolute atomic E-state index is 0.507. The van der Waals surface area contributed by atoms with Gasteiger partial charge in [0.15, 0.2) is 0 Å². The zero-order valence-electron chi connectivity index (χ0n) is 8.96. The molecule has 0 heterocycles. The van der Waals surface area contributed by atoms with Gasteiger partial charge in [0.1, 0.15) is 0 Å². The van der Waals surface area contributed by atoms with Crippen LogP contribution in [0.25, 0.3) is 0 Å². The third-order valence-corrected chi connectivity index (χ3v) is 2.78. The molecule has 0 saturated heterocycles. The minimum atomic E-state index is -0.858. The first-order chi connectivity index (χ1) is 7.00. The highest BCUT2D eigenvalue weighted by Crippen LogP contribution is 2.27. The number of alkyl halides is 1. The summed E-state index contributed by atoms with van der Waals surface area (Å²) in [7, 11) is 0. The lowest BCUT2D eigenvalue weighted by Crippen LogP contribution is -2.29. The molecule has 0 spiro atoms. The van der Waals surface area contributed by atoms with Crippen LogP contribution in [0.15, 0.2) is 24.3 Å². The van der Waals surface area contributed by atoms with Gasteiger partial charge in [-0.05, 0) is 31.4 Å². The molecule has 0 aliphatic heterocycles. The van der Waals surface area contributed by atoms with E-state index < -0.39 is 11.4 Å². The number of aliphatic carboxylic acids is 1. The van der Waals surface area contributed by atoms with Crippen molar-refractivity contribution in [3.8, 4) is 0 Å². The second kappa shape index (κ2) is 4.67. The van der Waals surface area contributed by atoms with Crippen LogP contribution >= 0.6 is 11.6 Å². The molecule has 0 aliphatic rings. The highest BCUT2D eigenvalue weighted by atomic mass is 35.5. The zero-order valence-corrected chi connectivity index (χ0v) is 9.71. The predicted molar refractivity (Wildman–Crippen MR) is 61.5 cm³/mol. The molecule has 0 amide bonds. The van der Waals surface area contributed by atoms with E-state index in [2.05, 4.69) is 0 Å². The quantitative estimate of drug-likeness (QED) is 0.802. The highest BCUT2D eigenvalue weighted by Gasteiger charge is 2.30. The van der Waals surface area contributed by atoms with Crippen LogP contribution in [0.1, 0.15) is 25.0 Å². The highest BCUT2D eigenvalue weighted by molar-refractivity contribution is 6.18. The van der Waals surface area contributed by atoms with Crippen LogP contribution in [-0.2, 0) is 16.6 Å². The molecule has 0 saturated carbocycles. The van der Waals surface area contributed by atoms with Gasteiger partial charge in [-0.15, -0.1) is 11.6 Å². The van der Waals surface area contributed by atoms with Gasteiger partial charge in [-0.3, -0.25) is 4.79 Å². The van der Waals surface area contributed by atoms with Gasteiger partial charge in [-0.1, -0.05) is 24.3 Å². The molecule has 0 atom stereocenters. The van der Waals surface area contributed by atoms with Crippen molar-refractivity contribution in [1.82, 2.24) is 0 Å². The fourth-order valence-electron chi connectivity index (χ4n) is 1.57. The molecule has 0 aliphatic carbocycles. The summed E-state index contributed by atoms with van der Waals surface area (Å²) < 4.78 is 0. The second-order valence-electron chi connectivity index (χ2n) is 4.03.